The van der Waals surface area contributed by atoms with Crippen molar-refractivity contribution in [1.82, 2.24) is 0 Å². The van der Waals surface area contributed by atoms with Crippen molar-refractivity contribution < 1.29 is 9.90 Å². The Morgan fingerprint density at radius 1 is 1.67 bits per heavy atom. The first-order valence-corrected chi connectivity index (χ1v) is 3.66. The summed E-state index contributed by atoms with van der Waals surface area (Å²) in [7, 11) is 0. The zero-order chi connectivity index (χ0) is 9.52. The molecule has 0 aromatic rings. The Morgan fingerprint density at radius 2 is 2.17 bits per heavy atom. The summed E-state index contributed by atoms with van der Waals surface area (Å²) in [5.41, 5.74) is 5.14. The average Bonchev–Trinajstić information content (AvgIpc) is 2.02. The second-order valence-electron chi connectivity index (χ2n) is 3.06. The zero-order valence-corrected chi connectivity index (χ0v) is 7.38. The van der Waals surface area contributed by atoms with Gasteiger partial charge in [0.1, 0.15) is 0 Å². The summed E-state index contributed by atoms with van der Waals surface area (Å²) in [6.45, 7) is 4.52. The van der Waals surface area contributed by atoms with Gasteiger partial charge in [-0.2, -0.15) is 0 Å². The van der Waals surface area contributed by atoms with Gasteiger partial charge in [-0.15, -0.1) is 0 Å². The molecule has 0 spiro atoms. The first kappa shape index (κ1) is 8.93. The third-order valence-corrected chi connectivity index (χ3v) is 1.88. The van der Waals surface area contributed by atoms with Gasteiger partial charge in [-0.3, -0.25) is 4.79 Å². The van der Waals surface area contributed by atoms with Crippen LogP contribution in [0.25, 0.3) is 0 Å². The molecule has 1 aliphatic rings. The molecule has 0 radical (unpaired) electrons. The number of aliphatic hydroxyl groups is 1. The van der Waals surface area contributed by atoms with Crippen molar-refractivity contribution in [3.8, 4) is 0 Å². The summed E-state index contributed by atoms with van der Waals surface area (Å²) in [4.78, 5) is 14.9. The second-order valence-corrected chi connectivity index (χ2v) is 3.06. The largest absolute Gasteiger partial charge is 0.397 e. The first-order chi connectivity index (χ1) is 5.36. The second kappa shape index (κ2) is 2.42. The standard InChI is InChI=1S/C8H12N2O2/c1-4-6(5(2)11)7(9)8(3,12)10-4/h12H,9H2,1-3H3. The van der Waals surface area contributed by atoms with Gasteiger partial charge in [0.05, 0.1) is 11.3 Å². The van der Waals surface area contributed by atoms with E-state index in [9.17, 15) is 9.90 Å². The van der Waals surface area contributed by atoms with Gasteiger partial charge in [-0.05, 0) is 20.8 Å². The van der Waals surface area contributed by atoms with Crippen molar-refractivity contribution in [3.05, 3.63) is 11.3 Å². The van der Waals surface area contributed by atoms with E-state index in [1.54, 1.807) is 6.92 Å². The molecular weight excluding hydrogens is 156 g/mol. The van der Waals surface area contributed by atoms with E-state index in [0.717, 1.165) is 0 Å². The lowest BCUT2D eigenvalue weighted by molar-refractivity contribution is -0.113. The number of ketones is 1. The highest BCUT2D eigenvalue weighted by Gasteiger charge is 2.34. The van der Waals surface area contributed by atoms with Gasteiger partial charge in [-0.25, -0.2) is 4.99 Å². The molecule has 0 fully saturated rings. The molecule has 12 heavy (non-hydrogen) atoms. The van der Waals surface area contributed by atoms with Crippen LogP contribution in [0.5, 0.6) is 0 Å². The van der Waals surface area contributed by atoms with E-state index in [1.807, 2.05) is 0 Å². The smallest absolute Gasteiger partial charge is 0.194 e. The van der Waals surface area contributed by atoms with Crippen molar-refractivity contribution in [2.24, 2.45) is 10.7 Å². The van der Waals surface area contributed by atoms with Crippen LogP contribution in [0, 0.1) is 0 Å². The molecule has 1 heterocycles. The maximum atomic E-state index is 11.0. The lowest BCUT2D eigenvalue weighted by atomic mass is 10.1. The van der Waals surface area contributed by atoms with E-state index in [2.05, 4.69) is 4.99 Å². The number of hydrogen-bond acceptors (Lipinski definition) is 4. The van der Waals surface area contributed by atoms with E-state index in [-0.39, 0.29) is 11.5 Å². The lowest BCUT2D eigenvalue weighted by Crippen LogP contribution is -2.27. The Bertz CT molecular complexity index is 300. The molecule has 4 nitrogen and oxygen atoms in total. The van der Waals surface area contributed by atoms with Crippen LogP contribution in [0.1, 0.15) is 20.8 Å². The average molecular weight is 168 g/mol. The van der Waals surface area contributed by atoms with E-state index in [4.69, 9.17) is 5.73 Å². The minimum absolute atomic E-state index is 0.146. The van der Waals surface area contributed by atoms with E-state index in [0.29, 0.717) is 11.3 Å². The highest BCUT2D eigenvalue weighted by molar-refractivity contribution is 6.22. The molecule has 0 aromatic heterocycles. The molecule has 1 atom stereocenters. The normalized spacial score (nSPS) is 29.2. The Kier molecular flexibility index (Phi) is 1.80. The molecule has 0 aliphatic carbocycles. The third kappa shape index (κ3) is 1.14. The molecular formula is C8H12N2O2. The number of hydrogen-bond donors (Lipinski definition) is 2. The highest BCUT2D eigenvalue weighted by Crippen LogP contribution is 2.25. The van der Waals surface area contributed by atoms with Crippen molar-refractivity contribution in [1.29, 1.82) is 0 Å². The minimum Gasteiger partial charge on any atom is -0.397 e. The number of Topliss-reactive ketones (excluding diaryl/α,β-unsaturated/α-hetero) is 1. The SMILES string of the molecule is CC(=O)C1=C(N)C(C)(O)N=C1C. The fourth-order valence-corrected chi connectivity index (χ4v) is 1.32. The van der Waals surface area contributed by atoms with Gasteiger partial charge >= 0.3 is 0 Å². The summed E-state index contributed by atoms with van der Waals surface area (Å²) < 4.78 is 0. The summed E-state index contributed by atoms with van der Waals surface area (Å²) in [6.07, 6.45) is 0. The van der Waals surface area contributed by atoms with E-state index < -0.39 is 5.72 Å². The third-order valence-electron chi connectivity index (χ3n) is 1.88. The molecule has 4 heteroatoms. The molecule has 0 amide bonds. The Labute approximate surface area is 70.8 Å². The van der Waals surface area contributed by atoms with Crippen LogP contribution in [0.15, 0.2) is 16.3 Å². The maximum Gasteiger partial charge on any atom is 0.194 e. The Hall–Kier alpha value is -1.16. The lowest BCUT2D eigenvalue weighted by Gasteiger charge is -2.13. The van der Waals surface area contributed by atoms with Crippen LogP contribution in [-0.4, -0.2) is 22.3 Å². The highest BCUT2D eigenvalue weighted by atomic mass is 16.3. The number of aliphatic imine (C=N–C) groups is 1. The van der Waals surface area contributed by atoms with Crippen LogP contribution in [0.3, 0.4) is 0 Å². The summed E-state index contributed by atoms with van der Waals surface area (Å²) >= 11 is 0. The summed E-state index contributed by atoms with van der Waals surface area (Å²) in [5, 5.41) is 9.53. The number of nitrogens with zero attached hydrogens (tertiary/aromatic N) is 1. The van der Waals surface area contributed by atoms with Crippen LogP contribution in [-0.2, 0) is 4.79 Å². The van der Waals surface area contributed by atoms with Gasteiger partial charge in [-0.1, -0.05) is 0 Å². The van der Waals surface area contributed by atoms with E-state index >= 15 is 0 Å². The molecule has 3 N–H and O–H groups in total. The number of rotatable bonds is 1. The fraction of sp³-hybridized carbons (Fsp3) is 0.500. The molecule has 0 bridgehead atoms. The predicted molar refractivity (Wildman–Crippen MR) is 45.6 cm³/mol. The van der Waals surface area contributed by atoms with Gasteiger partial charge in [0.2, 0.25) is 0 Å². The fourth-order valence-electron chi connectivity index (χ4n) is 1.32. The zero-order valence-electron chi connectivity index (χ0n) is 7.38. The molecule has 0 saturated heterocycles. The van der Waals surface area contributed by atoms with Crippen LogP contribution < -0.4 is 5.73 Å². The Balaban J connectivity index is 3.24. The molecule has 0 saturated carbocycles. The van der Waals surface area contributed by atoms with Crippen LogP contribution >= 0.6 is 0 Å². The number of nitrogens with two attached hydrogens (primary N) is 1. The van der Waals surface area contributed by atoms with Crippen molar-refractivity contribution >= 4 is 11.5 Å². The minimum atomic E-state index is -1.40. The monoisotopic (exact) mass is 168 g/mol. The molecule has 1 unspecified atom stereocenters. The van der Waals surface area contributed by atoms with Gasteiger partial charge in [0.25, 0.3) is 0 Å². The topological polar surface area (TPSA) is 75.7 Å². The van der Waals surface area contributed by atoms with Gasteiger partial charge in [0, 0.05) is 5.71 Å². The summed E-state index contributed by atoms with van der Waals surface area (Å²) in [5.74, 6) is -0.161. The first-order valence-electron chi connectivity index (χ1n) is 3.66. The maximum absolute atomic E-state index is 11.0. The van der Waals surface area contributed by atoms with Crippen molar-refractivity contribution in [2.45, 2.75) is 26.5 Å². The van der Waals surface area contributed by atoms with Crippen LogP contribution in [0.2, 0.25) is 0 Å². The molecule has 0 aromatic carbocycles. The van der Waals surface area contributed by atoms with Crippen molar-refractivity contribution in [3.63, 3.8) is 0 Å². The number of carbonyl (C=O) groups excluding carboxylic acids is 1. The number of carbonyl (C=O) groups is 1. The summed E-state index contributed by atoms with van der Waals surface area (Å²) in [6, 6.07) is 0. The molecule has 1 aliphatic heterocycles. The molecule has 1 rings (SSSR count). The van der Waals surface area contributed by atoms with Crippen molar-refractivity contribution in [2.75, 3.05) is 0 Å². The Morgan fingerprint density at radius 3 is 2.33 bits per heavy atom. The quantitative estimate of drug-likeness (QED) is 0.577. The van der Waals surface area contributed by atoms with Gasteiger partial charge < -0.3 is 10.8 Å². The van der Waals surface area contributed by atoms with Crippen LogP contribution in [0.4, 0.5) is 0 Å². The van der Waals surface area contributed by atoms with E-state index in [1.165, 1.54) is 13.8 Å². The number of allylic oxidation sites excluding steroid dienone is 1. The van der Waals surface area contributed by atoms with Gasteiger partial charge in [0.15, 0.2) is 11.5 Å². The molecule has 66 valence electrons. The predicted octanol–water partition coefficient (Wildman–Crippen LogP) is -0.0288.